The Bertz CT molecular complexity index is 1570. The van der Waals surface area contributed by atoms with Crippen LogP contribution in [-0.4, -0.2) is 76.5 Å². The maximum Gasteiger partial charge on any atom is 0.260 e. The van der Waals surface area contributed by atoms with Gasteiger partial charge >= 0.3 is 0 Å². The molecule has 1 N–H and O–H groups in total. The number of hydrogen-bond donors (Lipinski definition) is 2. The fourth-order valence-electron chi connectivity index (χ4n) is 5.07. The van der Waals surface area contributed by atoms with E-state index in [1.807, 2.05) is 24.3 Å². The molecule has 2 heterocycles. The number of thiol groups is 1. The second kappa shape index (κ2) is 12.1. The fourth-order valence-corrected chi connectivity index (χ4v) is 5.50. The van der Waals surface area contributed by atoms with Crippen molar-refractivity contribution in [2.45, 2.75) is 18.6 Å². The Morgan fingerprint density at radius 2 is 1.95 bits per heavy atom. The molecule has 0 saturated carbocycles. The lowest BCUT2D eigenvalue weighted by Crippen LogP contribution is -2.41. The quantitative estimate of drug-likeness (QED) is 0.306. The molecule has 5 rings (SSSR count). The lowest BCUT2D eigenvalue weighted by molar-refractivity contribution is -0.134. The Kier molecular flexibility index (Phi) is 8.37. The number of nitrogens with zero attached hydrogens (tertiary/aromatic N) is 4. The van der Waals surface area contributed by atoms with Crippen LogP contribution in [-0.2, 0) is 19.9 Å². The van der Waals surface area contributed by atoms with Gasteiger partial charge in [-0.25, -0.2) is 4.21 Å². The minimum absolute atomic E-state index is 0.186. The van der Waals surface area contributed by atoms with Crippen LogP contribution in [0.4, 0.5) is 5.69 Å². The molecule has 1 amide bonds. The van der Waals surface area contributed by atoms with Gasteiger partial charge in [-0.3, -0.25) is 18.9 Å². The second-order valence-electron chi connectivity index (χ2n) is 9.58. The summed E-state index contributed by atoms with van der Waals surface area (Å²) in [5.41, 5.74) is 2.04. The molecule has 2 unspecified atom stereocenters. The number of hydrogen-bond acceptors (Lipinski definition) is 8. The van der Waals surface area contributed by atoms with Gasteiger partial charge in [-0.05, 0) is 47.0 Å². The summed E-state index contributed by atoms with van der Waals surface area (Å²) in [5, 5.41) is 13.0. The van der Waals surface area contributed by atoms with Gasteiger partial charge in [-0.2, -0.15) is 4.36 Å². The van der Waals surface area contributed by atoms with Crippen LogP contribution in [0, 0.1) is 0 Å². The van der Waals surface area contributed by atoms with Crippen LogP contribution in [0.15, 0.2) is 77.3 Å². The van der Waals surface area contributed by atoms with E-state index in [4.69, 9.17) is 8.92 Å². The predicted octanol–water partition coefficient (Wildman–Crippen LogP) is 3.89. The van der Waals surface area contributed by atoms with Crippen LogP contribution >= 0.6 is 0 Å². The van der Waals surface area contributed by atoms with Gasteiger partial charge in [-0.15, -0.1) is 0 Å². The average molecular weight is 549 g/mol. The smallest absolute Gasteiger partial charge is 0.260 e. The predicted molar refractivity (Wildman–Crippen MR) is 152 cm³/mol. The highest BCUT2D eigenvalue weighted by Crippen LogP contribution is 2.33. The molecule has 0 aliphatic carbocycles. The van der Waals surface area contributed by atoms with E-state index in [1.54, 1.807) is 36.3 Å². The Morgan fingerprint density at radius 1 is 1.15 bits per heavy atom. The number of likely N-dealkylation sites (N-methyl/N-ethyl adjacent to an activating group) is 1. The van der Waals surface area contributed by atoms with Crippen molar-refractivity contribution >= 4 is 44.1 Å². The van der Waals surface area contributed by atoms with Crippen molar-refractivity contribution in [2.24, 2.45) is 4.36 Å². The van der Waals surface area contributed by atoms with Crippen molar-refractivity contribution in [3.05, 3.63) is 78.5 Å². The van der Waals surface area contributed by atoms with E-state index in [0.29, 0.717) is 35.4 Å². The van der Waals surface area contributed by atoms with E-state index in [9.17, 15) is 14.1 Å². The van der Waals surface area contributed by atoms with Gasteiger partial charge in [0.25, 0.3) is 5.91 Å². The summed E-state index contributed by atoms with van der Waals surface area (Å²) in [5.74, 6) is 0.247. The monoisotopic (exact) mass is 548 g/mol. The van der Waals surface area contributed by atoms with E-state index >= 15 is 0 Å². The third-order valence-corrected chi connectivity index (χ3v) is 7.82. The van der Waals surface area contributed by atoms with Crippen molar-refractivity contribution in [1.82, 2.24) is 14.8 Å². The first-order valence-electron chi connectivity index (χ1n) is 12.8. The molecule has 1 fully saturated rings. The lowest BCUT2D eigenvalue weighted by Gasteiger charge is -2.33. The second-order valence-corrected chi connectivity index (χ2v) is 10.6. The number of rotatable bonds is 9. The van der Waals surface area contributed by atoms with Crippen LogP contribution in [0.5, 0.6) is 5.75 Å². The standard InChI is InChI=1S/C29H32N4O5S/c1-32(26(18-33-16-14-21(34)17-33)23-10-5-8-20-7-3-4-9-22(20)23)28(35)19-38-27-13-12-25(31-39(36)37-2)24-11-6-15-30-29(24)27/h3-13,15,21,26,34,39H,14,16-19H2,1-2H3/t21-,26?/m0/s1. The number of aliphatic hydroxyl groups is 1. The van der Waals surface area contributed by atoms with Gasteiger partial charge in [0.1, 0.15) is 11.3 Å². The first kappa shape index (κ1) is 27.0. The summed E-state index contributed by atoms with van der Waals surface area (Å²) in [7, 11) is 0.939. The Labute approximate surface area is 229 Å². The van der Waals surface area contributed by atoms with Crippen molar-refractivity contribution in [3.8, 4) is 5.75 Å². The highest BCUT2D eigenvalue weighted by molar-refractivity contribution is 7.69. The van der Waals surface area contributed by atoms with Crippen molar-refractivity contribution in [2.75, 3.05) is 40.4 Å². The van der Waals surface area contributed by atoms with Crippen molar-refractivity contribution in [3.63, 3.8) is 0 Å². The zero-order valence-electron chi connectivity index (χ0n) is 21.9. The van der Waals surface area contributed by atoms with Gasteiger partial charge in [0, 0.05) is 38.3 Å². The molecule has 0 radical (unpaired) electrons. The SMILES string of the molecule is CO[SH](=O)=Nc1ccc(OCC(=O)N(C)C(CN2CC[C@H](O)C2)c2cccc3ccccc23)c2ncccc12. The maximum atomic E-state index is 13.5. The number of aromatic nitrogens is 1. The van der Waals surface area contributed by atoms with Crippen LogP contribution < -0.4 is 4.74 Å². The summed E-state index contributed by atoms with van der Waals surface area (Å²) < 4.78 is 26.7. The van der Waals surface area contributed by atoms with Crippen LogP contribution in [0.1, 0.15) is 18.0 Å². The zero-order valence-corrected chi connectivity index (χ0v) is 22.8. The maximum absolute atomic E-state index is 13.5. The minimum atomic E-state index is -2.19. The number of ether oxygens (including phenoxy) is 1. The van der Waals surface area contributed by atoms with E-state index in [1.165, 1.54) is 7.11 Å². The summed E-state index contributed by atoms with van der Waals surface area (Å²) >= 11 is 0. The Morgan fingerprint density at radius 3 is 2.74 bits per heavy atom. The zero-order chi connectivity index (χ0) is 27.4. The Hall–Kier alpha value is -3.57. The van der Waals surface area contributed by atoms with Crippen LogP contribution in [0.25, 0.3) is 21.7 Å². The molecule has 1 aromatic heterocycles. The molecular formula is C29H32N4O5S. The first-order valence-corrected chi connectivity index (χ1v) is 13.9. The largest absolute Gasteiger partial charge is 0.481 e. The number of β-amino-alcohol motifs (C(OH)–C–C–N with tert-alkyl or cyclic N) is 1. The molecule has 39 heavy (non-hydrogen) atoms. The molecule has 9 nitrogen and oxygen atoms in total. The molecule has 0 spiro atoms. The number of carbonyl (C=O) groups is 1. The third-order valence-electron chi connectivity index (χ3n) is 7.13. The number of amides is 1. The van der Waals surface area contributed by atoms with E-state index in [0.717, 1.165) is 29.3 Å². The number of fused-ring (bicyclic) bond motifs is 2. The molecule has 0 bridgehead atoms. The van der Waals surface area contributed by atoms with Gasteiger partial charge in [0.2, 0.25) is 0 Å². The molecule has 1 aliphatic heterocycles. The van der Waals surface area contributed by atoms with Gasteiger partial charge in [-0.1, -0.05) is 42.5 Å². The summed E-state index contributed by atoms with van der Waals surface area (Å²) in [6.45, 7) is 1.79. The van der Waals surface area contributed by atoms with Gasteiger partial charge in [0.15, 0.2) is 17.5 Å². The minimum Gasteiger partial charge on any atom is -0.481 e. The fraction of sp³-hybridized carbons (Fsp3) is 0.310. The van der Waals surface area contributed by atoms with Gasteiger partial charge in [0.05, 0.1) is 24.9 Å². The number of aliphatic hydroxyl groups excluding tert-OH is 1. The van der Waals surface area contributed by atoms with E-state index in [-0.39, 0.29) is 24.7 Å². The van der Waals surface area contributed by atoms with Crippen molar-refractivity contribution < 1.29 is 23.0 Å². The molecule has 1 aliphatic rings. The molecule has 3 aromatic carbocycles. The molecule has 3 atom stereocenters. The summed E-state index contributed by atoms with van der Waals surface area (Å²) in [6.07, 6.45) is 2.01. The van der Waals surface area contributed by atoms with Crippen molar-refractivity contribution in [1.29, 1.82) is 0 Å². The highest BCUT2D eigenvalue weighted by atomic mass is 32.2. The topological polar surface area (TPSA) is 105 Å². The Balaban J connectivity index is 1.40. The van der Waals surface area contributed by atoms with E-state index < -0.39 is 10.9 Å². The van der Waals surface area contributed by atoms with E-state index in [2.05, 4.69) is 38.5 Å². The molecular weight excluding hydrogens is 516 g/mol. The number of carbonyl (C=O) groups excluding carboxylic acids is 1. The lowest BCUT2D eigenvalue weighted by atomic mass is 9.97. The number of benzene rings is 3. The molecule has 4 aromatic rings. The molecule has 1 saturated heterocycles. The van der Waals surface area contributed by atoms with Gasteiger partial charge < -0.3 is 14.7 Å². The van der Waals surface area contributed by atoms with Crippen LogP contribution in [0.3, 0.4) is 0 Å². The third kappa shape index (κ3) is 6.04. The highest BCUT2D eigenvalue weighted by Gasteiger charge is 2.29. The normalized spacial score (nSPS) is 17.5. The number of pyridine rings is 1. The molecule has 204 valence electrons. The summed E-state index contributed by atoms with van der Waals surface area (Å²) in [6, 6.07) is 21.0. The summed E-state index contributed by atoms with van der Waals surface area (Å²) in [4.78, 5) is 21.9. The van der Waals surface area contributed by atoms with Crippen LogP contribution in [0.2, 0.25) is 0 Å². The molecule has 10 heteroatoms. The first-order chi connectivity index (χ1) is 18.9. The average Bonchev–Trinajstić information content (AvgIpc) is 3.39. The number of likely N-dealkylation sites (tertiary alicyclic amines) is 1.